The van der Waals surface area contributed by atoms with Crippen LogP contribution < -0.4 is 10.6 Å². The fraction of sp³-hybridized carbons (Fsp3) is 0.238. The van der Waals surface area contributed by atoms with Gasteiger partial charge < -0.3 is 15.4 Å². The summed E-state index contributed by atoms with van der Waals surface area (Å²) in [6.45, 7) is 2.82. The molecule has 0 fully saturated rings. The molecule has 0 saturated carbocycles. The quantitative estimate of drug-likeness (QED) is 0.719. The summed E-state index contributed by atoms with van der Waals surface area (Å²) in [5, 5.41) is 14.2. The normalized spacial score (nSPS) is 12.2. The molecule has 2 amide bonds. The molecule has 0 bridgehead atoms. The highest BCUT2D eigenvalue weighted by Crippen LogP contribution is 2.18. The van der Waals surface area contributed by atoms with Crippen molar-refractivity contribution in [1.82, 2.24) is 5.32 Å². The lowest BCUT2D eigenvalue weighted by Crippen LogP contribution is -2.33. The SMILES string of the molecule is CC(=O)N[C@H](CC(=O)O[C@H](C)C(=O)Nc1cccc(C#N)c1)c1ccccc1. The van der Waals surface area contributed by atoms with Gasteiger partial charge in [-0.05, 0) is 30.7 Å². The van der Waals surface area contributed by atoms with Crippen molar-refractivity contribution in [2.24, 2.45) is 0 Å². The minimum absolute atomic E-state index is 0.106. The summed E-state index contributed by atoms with van der Waals surface area (Å²) in [6, 6.07) is 16.9. The van der Waals surface area contributed by atoms with E-state index in [1.807, 2.05) is 12.1 Å². The minimum Gasteiger partial charge on any atom is -0.452 e. The monoisotopic (exact) mass is 379 g/mol. The molecule has 0 heterocycles. The van der Waals surface area contributed by atoms with Crippen LogP contribution in [0.5, 0.6) is 0 Å². The van der Waals surface area contributed by atoms with Crippen molar-refractivity contribution < 1.29 is 19.1 Å². The summed E-state index contributed by atoms with van der Waals surface area (Å²) in [5.41, 5.74) is 1.61. The Labute approximate surface area is 163 Å². The molecule has 2 aromatic carbocycles. The van der Waals surface area contributed by atoms with Crippen molar-refractivity contribution in [3.8, 4) is 6.07 Å². The van der Waals surface area contributed by atoms with E-state index in [2.05, 4.69) is 10.6 Å². The van der Waals surface area contributed by atoms with Gasteiger partial charge in [-0.3, -0.25) is 14.4 Å². The van der Waals surface area contributed by atoms with Crippen LogP contribution in [-0.2, 0) is 19.1 Å². The fourth-order valence-corrected chi connectivity index (χ4v) is 2.56. The lowest BCUT2D eigenvalue weighted by molar-refractivity contribution is -0.153. The van der Waals surface area contributed by atoms with Crippen molar-refractivity contribution in [2.45, 2.75) is 32.4 Å². The highest BCUT2D eigenvalue weighted by molar-refractivity contribution is 5.95. The maximum Gasteiger partial charge on any atom is 0.309 e. The Kier molecular flexibility index (Phi) is 7.28. The third-order valence-electron chi connectivity index (χ3n) is 3.89. The van der Waals surface area contributed by atoms with E-state index in [-0.39, 0.29) is 12.3 Å². The van der Waals surface area contributed by atoms with Crippen LogP contribution in [0, 0.1) is 11.3 Å². The van der Waals surface area contributed by atoms with Crippen molar-refractivity contribution >= 4 is 23.5 Å². The molecule has 0 saturated heterocycles. The van der Waals surface area contributed by atoms with Gasteiger partial charge in [0, 0.05) is 12.6 Å². The molecule has 2 N–H and O–H groups in total. The summed E-state index contributed by atoms with van der Waals surface area (Å²) >= 11 is 0. The number of hydrogen-bond acceptors (Lipinski definition) is 5. The van der Waals surface area contributed by atoms with E-state index in [1.165, 1.54) is 19.9 Å². The minimum atomic E-state index is -1.04. The van der Waals surface area contributed by atoms with E-state index in [0.717, 1.165) is 5.56 Å². The Balaban J connectivity index is 1.96. The van der Waals surface area contributed by atoms with Gasteiger partial charge in [0.15, 0.2) is 6.10 Å². The molecule has 0 aliphatic carbocycles. The molecular formula is C21H21N3O4. The Hall–Kier alpha value is -3.66. The summed E-state index contributed by atoms with van der Waals surface area (Å²) in [7, 11) is 0. The fourth-order valence-electron chi connectivity index (χ4n) is 2.56. The zero-order chi connectivity index (χ0) is 20.5. The number of carbonyl (C=O) groups excluding carboxylic acids is 3. The Morgan fingerprint density at radius 1 is 1.11 bits per heavy atom. The molecule has 0 aliphatic rings. The number of amides is 2. The van der Waals surface area contributed by atoms with Gasteiger partial charge in [0.1, 0.15) is 0 Å². The Morgan fingerprint density at radius 3 is 2.46 bits per heavy atom. The second-order valence-corrected chi connectivity index (χ2v) is 6.18. The number of rotatable bonds is 7. The maximum absolute atomic E-state index is 12.3. The average Bonchev–Trinajstić information content (AvgIpc) is 2.67. The van der Waals surface area contributed by atoms with Crippen LogP contribution in [0.2, 0.25) is 0 Å². The van der Waals surface area contributed by atoms with Crippen LogP contribution in [-0.4, -0.2) is 23.9 Å². The Bertz CT molecular complexity index is 890. The first-order valence-corrected chi connectivity index (χ1v) is 8.71. The predicted molar refractivity (Wildman–Crippen MR) is 103 cm³/mol. The second-order valence-electron chi connectivity index (χ2n) is 6.18. The highest BCUT2D eigenvalue weighted by atomic mass is 16.5. The van der Waals surface area contributed by atoms with Crippen LogP contribution in [0.4, 0.5) is 5.69 Å². The van der Waals surface area contributed by atoms with Crippen molar-refractivity contribution in [3.05, 3.63) is 65.7 Å². The van der Waals surface area contributed by atoms with E-state index in [0.29, 0.717) is 11.3 Å². The molecule has 0 radical (unpaired) electrons. The van der Waals surface area contributed by atoms with Crippen molar-refractivity contribution in [3.63, 3.8) is 0 Å². The average molecular weight is 379 g/mol. The van der Waals surface area contributed by atoms with E-state index >= 15 is 0 Å². The molecule has 144 valence electrons. The highest BCUT2D eigenvalue weighted by Gasteiger charge is 2.22. The molecule has 7 heteroatoms. The van der Waals surface area contributed by atoms with Crippen LogP contribution in [0.25, 0.3) is 0 Å². The van der Waals surface area contributed by atoms with Gasteiger partial charge in [-0.25, -0.2) is 0 Å². The third-order valence-corrected chi connectivity index (χ3v) is 3.89. The van der Waals surface area contributed by atoms with Gasteiger partial charge in [-0.1, -0.05) is 36.4 Å². The number of nitrogens with one attached hydrogen (secondary N) is 2. The number of benzene rings is 2. The standard InChI is InChI=1S/C21H21N3O4/c1-14(21(27)24-18-10-6-7-16(11-18)13-22)28-20(26)12-19(23-15(2)25)17-8-4-3-5-9-17/h3-11,14,19H,12H2,1-2H3,(H,23,25)(H,24,27)/t14-,19-/m1/s1. The number of hydrogen-bond donors (Lipinski definition) is 2. The van der Waals surface area contributed by atoms with Crippen molar-refractivity contribution in [1.29, 1.82) is 5.26 Å². The first-order valence-electron chi connectivity index (χ1n) is 8.71. The predicted octanol–water partition coefficient (Wildman–Crippen LogP) is 2.70. The largest absolute Gasteiger partial charge is 0.452 e. The van der Waals surface area contributed by atoms with Gasteiger partial charge in [0.05, 0.1) is 24.1 Å². The summed E-state index contributed by atoms with van der Waals surface area (Å²) in [5.74, 6) is -1.40. The first kappa shape index (κ1) is 20.6. The number of nitriles is 1. The molecule has 2 rings (SSSR count). The molecule has 7 nitrogen and oxygen atoms in total. The number of nitrogens with zero attached hydrogens (tertiary/aromatic N) is 1. The lowest BCUT2D eigenvalue weighted by Gasteiger charge is -2.19. The van der Waals surface area contributed by atoms with E-state index < -0.39 is 24.0 Å². The van der Waals surface area contributed by atoms with Gasteiger partial charge in [0.2, 0.25) is 5.91 Å². The first-order chi connectivity index (χ1) is 13.4. The van der Waals surface area contributed by atoms with E-state index in [4.69, 9.17) is 10.00 Å². The molecule has 2 atom stereocenters. The van der Waals surface area contributed by atoms with Crippen LogP contribution in [0.1, 0.15) is 37.4 Å². The summed E-state index contributed by atoms with van der Waals surface area (Å²) in [4.78, 5) is 36.0. The van der Waals surface area contributed by atoms with E-state index in [9.17, 15) is 14.4 Å². The number of anilines is 1. The lowest BCUT2D eigenvalue weighted by atomic mass is 10.0. The number of carbonyl (C=O) groups is 3. The van der Waals surface area contributed by atoms with Gasteiger partial charge in [-0.15, -0.1) is 0 Å². The molecule has 28 heavy (non-hydrogen) atoms. The van der Waals surface area contributed by atoms with Crippen LogP contribution in [0.15, 0.2) is 54.6 Å². The molecule has 0 aliphatic heterocycles. The van der Waals surface area contributed by atoms with Gasteiger partial charge in [-0.2, -0.15) is 5.26 Å². The smallest absolute Gasteiger partial charge is 0.309 e. The molecule has 0 aromatic heterocycles. The van der Waals surface area contributed by atoms with E-state index in [1.54, 1.807) is 42.5 Å². The molecule has 0 spiro atoms. The molecule has 0 unspecified atom stereocenters. The second kappa shape index (κ2) is 9.88. The zero-order valence-electron chi connectivity index (χ0n) is 15.6. The number of ether oxygens (including phenoxy) is 1. The molecular weight excluding hydrogens is 358 g/mol. The van der Waals surface area contributed by atoms with Crippen molar-refractivity contribution in [2.75, 3.05) is 5.32 Å². The number of esters is 1. The Morgan fingerprint density at radius 2 is 1.82 bits per heavy atom. The summed E-state index contributed by atoms with van der Waals surface area (Å²) < 4.78 is 5.21. The third kappa shape index (κ3) is 6.25. The van der Waals surface area contributed by atoms with Crippen LogP contribution >= 0.6 is 0 Å². The topological polar surface area (TPSA) is 108 Å². The maximum atomic E-state index is 12.3. The summed E-state index contributed by atoms with van der Waals surface area (Å²) in [6.07, 6.45) is -1.14. The van der Waals surface area contributed by atoms with Gasteiger partial charge >= 0.3 is 5.97 Å². The van der Waals surface area contributed by atoms with Crippen LogP contribution in [0.3, 0.4) is 0 Å². The molecule has 2 aromatic rings. The zero-order valence-corrected chi connectivity index (χ0v) is 15.6. The van der Waals surface area contributed by atoms with Gasteiger partial charge in [0.25, 0.3) is 5.91 Å².